The first-order chi connectivity index (χ1) is 6.11. The highest BCUT2D eigenvalue weighted by atomic mass is 32.1. The lowest BCUT2D eigenvalue weighted by molar-refractivity contribution is 0.136. The average molecular weight is 199 g/mol. The van der Waals surface area contributed by atoms with E-state index in [1.165, 1.54) is 0 Å². The van der Waals surface area contributed by atoms with E-state index in [0.717, 1.165) is 12.0 Å². The quantitative estimate of drug-likeness (QED) is 0.780. The van der Waals surface area contributed by atoms with Crippen molar-refractivity contribution in [1.82, 2.24) is 0 Å². The van der Waals surface area contributed by atoms with Gasteiger partial charge in [0.1, 0.15) is 0 Å². The highest BCUT2D eigenvalue weighted by Crippen LogP contribution is 2.21. The Labute approximate surface area is 83.4 Å². The molecule has 0 bridgehead atoms. The van der Waals surface area contributed by atoms with Crippen molar-refractivity contribution in [3.8, 4) is 0 Å². The Kier molecular flexibility index (Phi) is 3.90. The first kappa shape index (κ1) is 10.7. The second kappa shape index (κ2) is 4.74. The van der Waals surface area contributed by atoms with Gasteiger partial charge in [-0.1, -0.05) is 13.8 Å². The van der Waals surface area contributed by atoms with Crippen LogP contribution in [0.15, 0.2) is 16.8 Å². The van der Waals surface area contributed by atoms with Gasteiger partial charge in [-0.25, -0.2) is 0 Å². The fraction of sp³-hybridized carbons (Fsp3) is 0.600. The number of aliphatic hydroxyl groups is 1. The summed E-state index contributed by atoms with van der Waals surface area (Å²) in [6.07, 6.45) is 0.352. The van der Waals surface area contributed by atoms with Crippen LogP contribution in [-0.4, -0.2) is 11.1 Å². The number of nitrogens with two attached hydrogens (primary N) is 1. The summed E-state index contributed by atoms with van der Waals surface area (Å²) in [6.45, 7) is 4.22. The van der Waals surface area contributed by atoms with Crippen molar-refractivity contribution in [3.63, 3.8) is 0 Å². The third-order valence-electron chi connectivity index (χ3n) is 2.03. The zero-order valence-electron chi connectivity index (χ0n) is 8.10. The van der Waals surface area contributed by atoms with Crippen LogP contribution >= 0.6 is 11.3 Å². The van der Waals surface area contributed by atoms with E-state index >= 15 is 0 Å². The van der Waals surface area contributed by atoms with Crippen molar-refractivity contribution >= 4 is 11.3 Å². The van der Waals surface area contributed by atoms with Crippen molar-refractivity contribution in [1.29, 1.82) is 0 Å². The van der Waals surface area contributed by atoms with Crippen LogP contribution in [-0.2, 0) is 0 Å². The second-order valence-electron chi connectivity index (χ2n) is 3.79. The predicted octanol–water partition coefficient (Wildman–Crippen LogP) is 2.15. The van der Waals surface area contributed by atoms with Crippen LogP contribution in [0, 0.1) is 5.92 Å². The monoisotopic (exact) mass is 199 g/mol. The molecule has 0 fully saturated rings. The molecule has 13 heavy (non-hydrogen) atoms. The molecule has 0 saturated heterocycles. The minimum atomic E-state index is -0.506. The fourth-order valence-electron chi connectivity index (χ4n) is 1.36. The molecule has 2 nitrogen and oxygen atoms in total. The van der Waals surface area contributed by atoms with Crippen molar-refractivity contribution in [2.24, 2.45) is 11.7 Å². The van der Waals surface area contributed by atoms with Crippen molar-refractivity contribution in [2.75, 3.05) is 0 Å². The summed E-state index contributed by atoms with van der Waals surface area (Å²) in [5, 5.41) is 13.7. The Hall–Kier alpha value is -0.380. The predicted molar refractivity (Wildman–Crippen MR) is 56.7 cm³/mol. The fourth-order valence-corrected chi connectivity index (χ4v) is 2.05. The summed E-state index contributed by atoms with van der Waals surface area (Å²) in [6, 6.07) is 1.78. The third-order valence-corrected chi connectivity index (χ3v) is 2.74. The molecule has 0 amide bonds. The number of aliphatic hydroxyl groups excluding tert-OH is 1. The molecular formula is C10H17NOS. The van der Waals surface area contributed by atoms with E-state index in [1.807, 2.05) is 16.8 Å². The van der Waals surface area contributed by atoms with Crippen LogP contribution in [0.2, 0.25) is 0 Å². The Bertz CT molecular complexity index is 233. The summed E-state index contributed by atoms with van der Waals surface area (Å²) in [7, 11) is 0. The van der Waals surface area contributed by atoms with Crippen LogP contribution in [0.3, 0.4) is 0 Å². The molecule has 3 heteroatoms. The van der Waals surface area contributed by atoms with E-state index < -0.39 is 6.10 Å². The minimum absolute atomic E-state index is 0.144. The molecule has 1 aromatic heterocycles. The number of thiophene rings is 1. The maximum absolute atomic E-state index is 9.81. The van der Waals surface area contributed by atoms with Crippen molar-refractivity contribution in [3.05, 3.63) is 22.4 Å². The Morgan fingerprint density at radius 2 is 2.23 bits per heavy atom. The maximum Gasteiger partial charge on any atom is 0.0948 e. The van der Waals surface area contributed by atoms with Crippen LogP contribution in [0.25, 0.3) is 0 Å². The maximum atomic E-state index is 9.81. The molecule has 0 saturated carbocycles. The molecule has 0 aliphatic rings. The average Bonchev–Trinajstić information content (AvgIpc) is 2.53. The Morgan fingerprint density at radius 1 is 1.54 bits per heavy atom. The molecule has 74 valence electrons. The van der Waals surface area contributed by atoms with E-state index in [0.29, 0.717) is 5.92 Å². The van der Waals surface area contributed by atoms with Gasteiger partial charge in [-0.05, 0) is 34.7 Å². The van der Waals surface area contributed by atoms with Gasteiger partial charge in [-0.2, -0.15) is 11.3 Å². The highest BCUT2D eigenvalue weighted by Gasteiger charge is 2.17. The number of hydrogen-bond acceptors (Lipinski definition) is 3. The van der Waals surface area contributed by atoms with Crippen LogP contribution < -0.4 is 5.73 Å². The Morgan fingerprint density at radius 3 is 2.69 bits per heavy atom. The van der Waals surface area contributed by atoms with Crippen molar-refractivity contribution in [2.45, 2.75) is 32.4 Å². The molecule has 2 atom stereocenters. The zero-order valence-corrected chi connectivity index (χ0v) is 8.92. The van der Waals surface area contributed by atoms with Gasteiger partial charge >= 0.3 is 0 Å². The molecular weight excluding hydrogens is 182 g/mol. The first-order valence-corrected chi connectivity index (χ1v) is 5.51. The standard InChI is InChI=1S/C10H17NOS/c1-7(2)5-9(11)10(12)8-3-4-13-6-8/h3-4,6-7,9-10,12H,5,11H2,1-2H3. The van der Waals surface area contributed by atoms with Gasteiger partial charge in [0.2, 0.25) is 0 Å². The largest absolute Gasteiger partial charge is 0.387 e. The highest BCUT2D eigenvalue weighted by molar-refractivity contribution is 7.07. The van der Waals surface area contributed by atoms with E-state index in [9.17, 15) is 5.11 Å². The van der Waals surface area contributed by atoms with E-state index in [4.69, 9.17) is 5.73 Å². The van der Waals surface area contributed by atoms with E-state index in [-0.39, 0.29) is 6.04 Å². The van der Waals surface area contributed by atoms with Crippen LogP contribution in [0.1, 0.15) is 31.9 Å². The summed E-state index contributed by atoms with van der Waals surface area (Å²) < 4.78 is 0. The molecule has 1 aromatic rings. The first-order valence-electron chi connectivity index (χ1n) is 4.57. The second-order valence-corrected chi connectivity index (χ2v) is 4.57. The van der Waals surface area contributed by atoms with Crippen LogP contribution in [0.4, 0.5) is 0 Å². The van der Waals surface area contributed by atoms with Gasteiger partial charge in [-0.3, -0.25) is 0 Å². The SMILES string of the molecule is CC(C)CC(N)C(O)c1ccsc1. The topological polar surface area (TPSA) is 46.2 Å². The molecule has 1 rings (SSSR count). The van der Waals surface area contributed by atoms with Gasteiger partial charge in [0.15, 0.2) is 0 Å². The Balaban J connectivity index is 2.52. The normalized spacial score (nSPS) is 16.1. The van der Waals surface area contributed by atoms with Gasteiger partial charge in [0.05, 0.1) is 6.10 Å². The number of hydrogen-bond donors (Lipinski definition) is 2. The number of rotatable bonds is 4. The lowest BCUT2D eigenvalue weighted by Gasteiger charge is -2.19. The van der Waals surface area contributed by atoms with Gasteiger partial charge in [0.25, 0.3) is 0 Å². The van der Waals surface area contributed by atoms with Crippen LogP contribution in [0.5, 0.6) is 0 Å². The molecule has 2 unspecified atom stereocenters. The summed E-state index contributed by atoms with van der Waals surface area (Å²) in [5.41, 5.74) is 6.81. The summed E-state index contributed by atoms with van der Waals surface area (Å²) in [5.74, 6) is 0.531. The van der Waals surface area contributed by atoms with Gasteiger partial charge in [0, 0.05) is 6.04 Å². The molecule has 0 spiro atoms. The van der Waals surface area contributed by atoms with Gasteiger partial charge in [-0.15, -0.1) is 0 Å². The van der Waals surface area contributed by atoms with E-state index in [2.05, 4.69) is 13.8 Å². The molecule has 0 aromatic carbocycles. The summed E-state index contributed by atoms with van der Waals surface area (Å²) >= 11 is 1.59. The smallest absolute Gasteiger partial charge is 0.0948 e. The van der Waals surface area contributed by atoms with Gasteiger partial charge < -0.3 is 10.8 Å². The van der Waals surface area contributed by atoms with E-state index in [1.54, 1.807) is 11.3 Å². The summed E-state index contributed by atoms with van der Waals surface area (Å²) in [4.78, 5) is 0. The lowest BCUT2D eigenvalue weighted by Crippen LogP contribution is -2.29. The van der Waals surface area contributed by atoms with Crippen molar-refractivity contribution < 1.29 is 5.11 Å². The zero-order chi connectivity index (χ0) is 9.84. The molecule has 3 N–H and O–H groups in total. The molecule has 0 aliphatic heterocycles. The lowest BCUT2D eigenvalue weighted by atomic mass is 9.97. The third kappa shape index (κ3) is 3.10. The minimum Gasteiger partial charge on any atom is -0.387 e. The molecule has 0 radical (unpaired) electrons. The molecule has 1 heterocycles. The molecule has 0 aliphatic carbocycles.